The van der Waals surface area contributed by atoms with E-state index in [4.69, 9.17) is 15.1 Å². The molecule has 6 N–H and O–H groups in total. The third kappa shape index (κ3) is 6.05. The predicted molar refractivity (Wildman–Crippen MR) is 84.0 cm³/mol. The maximum Gasteiger partial charge on any atom is 0.418 e. The molecule has 0 saturated carbocycles. The molecule has 1 unspecified atom stereocenters. The van der Waals surface area contributed by atoms with Gasteiger partial charge in [-0.3, -0.25) is 14.2 Å². The zero-order valence-electron chi connectivity index (χ0n) is 13.6. The Morgan fingerprint density at radius 2 is 2.12 bits per heavy atom. The lowest BCUT2D eigenvalue weighted by molar-refractivity contribution is -0.140. The number of carbonyl (C=O) groups excluding carboxylic acids is 2. The van der Waals surface area contributed by atoms with E-state index in [0.29, 0.717) is 32.2 Å². The standard InChI is InChI=1S/C12H23N5O7S/c13-12(4-5-14-7-12)8-23-15-10(18)9-3-1-2-6-17(9)11(19)16-24-25(20,21)22/h9,14H,1-8,13H2,(H,15,18)(H,16,19)(H,20,21,22)/t9-,12?/m0/s1. The van der Waals surface area contributed by atoms with Crippen LogP contribution in [0.3, 0.4) is 0 Å². The topological polar surface area (TPSA) is 172 Å². The minimum Gasteiger partial charge on any atom is -0.322 e. The normalized spacial score (nSPS) is 27.1. The Labute approximate surface area is 145 Å². The van der Waals surface area contributed by atoms with Gasteiger partial charge >= 0.3 is 16.4 Å². The van der Waals surface area contributed by atoms with Crippen LogP contribution in [-0.2, 0) is 24.3 Å². The molecule has 0 aromatic heterocycles. The second-order valence-electron chi connectivity index (χ2n) is 6.17. The van der Waals surface area contributed by atoms with Crippen molar-refractivity contribution in [2.24, 2.45) is 5.73 Å². The van der Waals surface area contributed by atoms with Crippen LogP contribution < -0.4 is 22.0 Å². The van der Waals surface area contributed by atoms with E-state index in [1.807, 2.05) is 0 Å². The number of nitrogens with two attached hydrogens (primary N) is 1. The van der Waals surface area contributed by atoms with E-state index in [1.54, 1.807) is 5.48 Å². The zero-order chi connectivity index (χ0) is 18.5. The molecule has 3 amide bonds. The van der Waals surface area contributed by atoms with Gasteiger partial charge in [0.25, 0.3) is 5.91 Å². The molecule has 12 nitrogen and oxygen atoms in total. The summed E-state index contributed by atoms with van der Waals surface area (Å²) in [5.41, 5.74) is 9.38. The van der Waals surface area contributed by atoms with Crippen LogP contribution in [0.15, 0.2) is 0 Å². The first-order valence-electron chi connectivity index (χ1n) is 7.84. The van der Waals surface area contributed by atoms with Crippen molar-refractivity contribution in [1.29, 1.82) is 0 Å². The van der Waals surface area contributed by atoms with Gasteiger partial charge in [-0.2, -0.15) is 13.9 Å². The van der Waals surface area contributed by atoms with Crippen molar-refractivity contribution in [3.63, 3.8) is 0 Å². The van der Waals surface area contributed by atoms with Crippen molar-refractivity contribution in [1.82, 2.24) is 21.2 Å². The summed E-state index contributed by atoms with van der Waals surface area (Å²) in [5.74, 6) is -0.545. The summed E-state index contributed by atoms with van der Waals surface area (Å²) in [6.07, 6.45) is 2.45. The lowest BCUT2D eigenvalue weighted by atomic mass is 10.0. The zero-order valence-corrected chi connectivity index (χ0v) is 14.4. The van der Waals surface area contributed by atoms with E-state index in [-0.39, 0.29) is 13.2 Å². The van der Waals surface area contributed by atoms with Gasteiger partial charge in [-0.15, -0.1) is 4.28 Å². The van der Waals surface area contributed by atoms with Crippen LogP contribution in [0.5, 0.6) is 0 Å². The molecule has 2 heterocycles. The first-order chi connectivity index (χ1) is 11.7. The SMILES string of the molecule is NC1(CONC(=O)[C@@H]2CCCCN2C(=O)NOS(=O)(=O)O)CCNC1. The molecule has 2 fully saturated rings. The van der Waals surface area contributed by atoms with Gasteiger partial charge in [0.1, 0.15) is 6.04 Å². The molecule has 0 aromatic rings. The molecule has 13 heteroatoms. The summed E-state index contributed by atoms with van der Waals surface area (Å²) in [4.78, 5) is 30.5. The Bertz CT molecular complexity index is 593. The Hall–Kier alpha value is -1.51. The molecule has 2 aliphatic heterocycles. The molecule has 0 radical (unpaired) electrons. The fourth-order valence-corrected chi connectivity index (χ4v) is 2.98. The Morgan fingerprint density at radius 1 is 1.36 bits per heavy atom. The third-order valence-electron chi connectivity index (χ3n) is 4.11. The number of amides is 3. The van der Waals surface area contributed by atoms with Gasteiger partial charge in [-0.1, -0.05) is 0 Å². The Morgan fingerprint density at radius 3 is 2.76 bits per heavy atom. The second kappa shape index (κ2) is 8.25. The van der Waals surface area contributed by atoms with Gasteiger partial charge in [0, 0.05) is 13.1 Å². The number of hydroxylamine groups is 2. The fraction of sp³-hybridized carbons (Fsp3) is 0.833. The monoisotopic (exact) mass is 381 g/mol. The third-order valence-corrected chi connectivity index (χ3v) is 4.40. The highest BCUT2D eigenvalue weighted by atomic mass is 32.3. The Kier molecular flexibility index (Phi) is 6.53. The molecule has 144 valence electrons. The van der Waals surface area contributed by atoms with Gasteiger partial charge in [-0.05, 0) is 32.2 Å². The summed E-state index contributed by atoms with van der Waals surface area (Å²) in [7, 11) is -4.83. The highest BCUT2D eigenvalue weighted by molar-refractivity contribution is 7.80. The van der Waals surface area contributed by atoms with Crippen LogP contribution in [0.25, 0.3) is 0 Å². The van der Waals surface area contributed by atoms with Crippen LogP contribution in [0, 0.1) is 0 Å². The molecule has 2 aliphatic rings. The first-order valence-corrected chi connectivity index (χ1v) is 9.20. The summed E-state index contributed by atoms with van der Waals surface area (Å²) in [6, 6.07) is -1.80. The number of piperidine rings is 1. The van der Waals surface area contributed by atoms with Gasteiger partial charge in [-0.25, -0.2) is 10.3 Å². The molecule has 0 spiro atoms. The van der Waals surface area contributed by atoms with Crippen molar-refractivity contribution >= 4 is 22.3 Å². The number of hydrogen-bond donors (Lipinski definition) is 5. The van der Waals surface area contributed by atoms with Gasteiger partial charge in [0.15, 0.2) is 0 Å². The van der Waals surface area contributed by atoms with E-state index < -0.39 is 33.9 Å². The molecule has 2 saturated heterocycles. The van der Waals surface area contributed by atoms with Gasteiger partial charge in [0.05, 0.1) is 12.1 Å². The molecule has 0 aliphatic carbocycles. The molecule has 0 bridgehead atoms. The van der Waals surface area contributed by atoms with Gasteiger partial charge in [0.2, 0.25) is 0 Å². The minimum atomic E-state index is -4.83. The van der Waals surface area contributed by atoms with Crippen molar-refractivity contribution < 1.29 is 31.7 Å². The summed E-state index contributed by atoms with van der Waals surface area (Å²) in [5, 5.41) is 3.10. The first kappa shape index (κ1) is 19.8. The summed E-state index contributed by atoms with van der Waals surface area (Å²) in [6.45, 7) is 1.70. The van der Waals surface area contributed by atoms with Crippen LogP contribution >= 0.6 is 0 Å². The average molecular weight is 381 g/mol. The average Bonchev–Trinajstić information content (AvgIpc) is 2.98. The van der Waals surface area contributed by atoms with Crippen LogP contribution in [0.4, 0.5) is 4.79 Å². The van der Waals surface area contributed by atoms with Gasteiger partial charge < -0.3 is 16.0 Å². The van der Waals surface area contributed by atoms with Crippen molar-refractivity contribution in [3.8, 4) is 0 Å². The van der Waals surface area contributed by atoms with E-state index in [9.17, 15) is 18.0 Å². The maximum atomic E-state index is 12.3. The fourth-order valence-electron chi connectivity index (χ4n) is 2.80. The second-order valence-corrected chi connectivity index (χ2v) is 7.19. The molecule has 2 atom stereocenters. The van der Waals surface area contributed by atoms with Crippen molar-refractivity contribution in [2.75, 3.05) is 26.2 Å². The van der Waals surface area contributed by atoms with E-state index >= 15 is 0 Å². The van der Waals surface area contributed by atoms with E-state index in [1.165, 1.54) is 0 Å². The number of rotatable bonds is 6. The number of carbonyl (C=O) groups is 2. The van der Waals surface area contributed by atoms with E-state index in [0.717, 1.165) is 11.4 Å². The number of nitrogens with zero attached hydrogens (tertiary/aromatic N) is 1. The summed E-state index contributed by atoms with van der Waals surface area (Å²) < 4.78 is 33.3. The molecular weight excluding hydrogens is 358 g/mol. The molecule has 0 aromatic carbocycles. The highest BCUT2D eigenvalue weighted by Gasteiger charge is 2.34. The van der Waals surface area contributed by atoms with Crippen LogP contribution in [-0.4, -0.2) is 67.6 Å². The number of urea groups is 1. The smallest absolute Gasteiger partial charge is 0.322 e. The molecule has 2 rings (SSSR count). The lowest BCUT2D eigenvalue weighted by Gasteiger charge is -2.34. The van der Waals surface area contributed by atoms with Crippen LogP contribution in [0.1, 0.15) is 25.7 Å². The van der Waals surface area contributed by atoms with E-state index in [2.05, 4.69) is 15.1 Å². The number of hydrogen-bond acceptors (Lipinski definition) is 8. The molecule has 25 heavy (non-hydrogen) atoms. The van der Waals surface area contributed by atoms with Crippen molar-refractivity contribution in [3.05, 3.63) is 0 Å². The Balaban J connectivity index is 1.85. The maximum absolute atomic E-state index is 12.3. The highest BCUT2D eigenvalue weighted by Crippen LogP contribution is 2.18. The minimum absolute atomic E-state index is 0.122. The quantitative estimate of drug-likeness (QED) is 0.258. The predicted octanol–water partition coefficient (Wildman–Crippen LogP) is -1.98. The van der Waals surface area contributed by atoms with Crippen molar-refractivity contribution in [2.45, 2.75) is 37.3 Å². The number of likely N-dealkylation sites (tertiary alicyclic amines) is 1. The molecular formula is C12H23N5O7S. The largest absolute Gasteiger partial charge is 0.418 e. The van der Waals surface area contributed by atoms with Crippen LogP contribution in [0.2, 0.25) is 0 Å². The summed E-state index contributed by atoms with van der Waals surface area (Å²) >= 11 is 0. The lowest BCUT2D eigenvalue weighted by Crippen LogP contribution is -2.56. The number of nitrogens with one attached hydrogen (secondary N) is 3.